The van der Waals surface area contributed by atoms with Crippen LogP contribution in [-0.2, 0) is 6.42 Å². The number of carboxylic acids is 1. The molecule has 0 amide bonds. The van der Waals surface area contributed by atoms with Crippen LogP contribution in [0.5, 0.6) is 0 Å². The van der Waals surface area contributed by atoms with Crippen molar-refractivity contribution < 1.29 is 14.8 Å². The van der Waals surface area contributed by atoms with Crippen molar-refractivity contribution in [3.8, 4) is 0 Å². The van der Waals surface area contributed by atoms with E-state index in [9.17, 15) is 20.0 Å². The van der Waals surface area contributed by atoms with Crippen LogP contribution in [0.4, 0.5) is 0 Å². The summed E-state index contributed by atoms with van der Waals surface area (Å²) in [6.07, 6.45) is 0.306. The molecule has 0 unspecified atom stereocenters. The van der Waals surface area contributed by atoms with E-state index in [4.69, 9.17) is 0 Å². The molecule has 14 heavy (non-hydrogen) atoms. The molecule has 0 saturated heterocycles. The van der Waals surface area contributed by atoms with Gasteiger partial charge in [-0.2, -0.15) is 0 Å². The van der Waals surface area contributed by atoms with E-state index in [1.807, 2.05) is 0 Å². The van der Waals surface area contributed by atoms with Crippen molar-refractivity contribution in [1.29, 1.82) is 0 Å². The van der Waals surface area contributed by atoms with Crippen molar-refractivity contribution >= 4 is 5.97 Å². The maximum Gasteiger partial charge on any atom is 0.207 e. The molecule has 1 aromatic carbocycles. The third-order valence-corrected chi connectivity index (χ3v) is 1.77. The van der Waals surface area contributed by atoms with Gasteiger partial charge in [0.1, 0.15) is 0 Å². The number of nitrogens with zero attached hydrogens (tertiary/aromatic N) is 1. The highest BCUT2D eigenvalue weighted by atomic mass is 16.6. The second-order valence-corrected chi connectivity index (χ2v) is 2.79. The number of hydrogen-bond acceptors (Lipinski definition) is 4. The molecule has 1 rings (SSSR count). The van der Waals surface area contributed by atoms with Gasteiger partial charge in [-0.15, -0.1) is 0 Å². The average molecular weight is 194 g/mol. The van der Waals surface area contributed by atoms with Crippen LogP contribution in [0.25, 0.3) is 0 Å². The standard InChI is InChI=1S/C9H9NO4/c11-9(12)8-3-1-7(2-4-8)5-6-10(13)14/h1-4H,5-6H2,(H,11,12)/p-1. The van der Waals surface area contributed by atoms with Crippen LogP contribution < -0.4 is 5.11 Å². The van der Waals surface area contributed by atoms with Gasteiger partial charge in [0.25, 0.3) is 0 Å². The van der Waals surface area contributed by atoms with Gasteiger partial charge < -0.3 is 9.90 Å². The Labute approximate surface area is 80.1 Å². The summed E-state index contributed by atoms with van der Waals surface area (Å²) >= 11 is 0. The SMILES string of the molecule is O=C([O-])c1ccc(CC[N+](=O)[O-])cc1. The summed E-state index contributed by atoms with van der Waals surface area (Å²) in [6, 6.07) is 5.86. The first-order chi connectivity index (χ1) is 6.59. The zero-order chi connectivity index (χ0) is 10.6. The molecule has 1 aromatic rings. The predicted molar refractivity (Wildman–Crippen MR) is 46.3 cm³/mol. The second-order valence-electron chi connectivity index (χ2n) is 2.79. The highest BCUT2D eigenvalue weighted by molar-refractivity contribution is 5.85. The topological polar surface area (TPSA) is 83.3 Å². The molecule has 0 heterocycles. The third kappa shape index (κ3) is 2.85. The largest absolute Gasteiger partial charge is 0.545 e. The fourth-order valence-corrected chi connectivity index (χ4v) is 1.03. The van der Waals surface area contributed by atoms with E-state index in [0.29, 0.717) is 6.42 Å². The minimum atomic E-state index is -1.24. The molecule has 0 aliphatic rings. The molecule has 5 heteroatoms. The highest BCUT2D eigenvalue weighted by Gasteiger charge is 2.00. The maximum atomic E-state index is 10.4. The van der Waals surface area contributed by atoms with Crippen LogP contribution in [0.2, 0.25) is 0 Å². The summed E-state index contributed by atoms with van der Waals surface area (Å²) in [5.41, 5.74) is 0.821. The third-order valence-electron chi connectivity index (χ3n) is 1.77. The number of aromatic carboxylic acids is 1. The molecular formula is C9H8NO4-. The molecule has 0 aliphatic heterocycles. The lowest BCUT2D eigenvalue weighted by Gasteiger charge is -2.02. The van der Waals surface area contributed by atoms with Crippen molar-refractivity contribution in [2.75, 3.05) is 6.54 Å². The van der Waals surface area contributed by atoms with Crippen molar-refractivity contribution in [3.63, 3.8) is 0 Å². The first-order valence-electron chi connectivity index (χ1n) is 4.01. The predicted octanol–water partition coefficient (Wildman–Crippen LogP) is -0.131. The quantitative estimate of drug-likeness (QED) is 0.493. The van der Waals surface area contributed by atoms with Crippen molar-refractivity contribution in [2.24, 2.45) is 0 Å². The fourth-order valence-electron chi connectivity index (χ4n) is 1.03. The number of nitro groups is 1. The van der Waals surface area contributed by atoms with Crippen LogP contribution >= 0.6 is 0 Å². The summed E-state index contributed by atoms with van der Waals surface area (Å²) < 4.78 is 0. The van der Waals surface area contributed by atoms with Gasteiger partial charge in [-0.3, -0.25) is 10.1 Å². The minimum absolute atomic E-state index is 0.0786. The van der Waals surface area contributed by atoms with Gasteiger partial charge in [0.05, 0.1) is 5.97 Å². The lowest BCUT2D eigenvalue weighted by Crippen LogP contribution is -2.22. The van der Waals surface area contributed by atoms with E-state index >= 15 is 0 Å². The number of carbonyl (C=O) groups is 1. The van der Waals surface area contributed by atoms with Crippen LogP contribution in [0, 0.1) is 10.1 Å². The lowest BCUT2D eigenvalue weighted by molar-refractivity contribution is -0.479. The number of carbonyl (C=O) groups excluding carboxylic acids is 1. The summed E-state index contributed by atoms with van der Waals surface area (Å²) in [5.74, 6) is -1.24. The maximum absolute atomic E-state index is 10.4. The van der Waals surface area contributed by atoms with E-state index in [1.54, 1.807) is 12.1 Å². The Morgan fingerprint density at radius 1 is 1.29 bits per heavy atom. The van der Waals surface area contributed by atoms with Gasteiger partial charge in [0.2, 0.25) is 6.54 Å². The van der Waals surface area contributed by atoms with Crippen molar-refractivity contribution in [3.05, 3.63) is 45.5 Å². The number of hydrogen-bond donors (Lipinski definition) is 0. The Morgan fingerprint density at radius 2 is 1.86 bits per heavy atom. The van der Waals surface area contributed by atoms with E-state index in [0.717, 1.165) is 5.56 Å². The summed E-state index contributed by atoms with van der Waals surface area (Å²) in [7, 11) is 0. The molecule has 0 saturated carbocycles. The molecular weight excluding hydrogens is 186 g/mol. The zero-order valence-electron chi connectivity index (χ0n) is 7.30. The Kier molecular flexibility index (Phi) is 3.17. The molecule has 0 fully saturated rings. The van der Waals surface area contributed by atoms with Gasteiger partial charge in [0.15, 0.2) is 0 Å². The van der Waals surface area contributed by atoms with Gasteiger partial charge in [0, 0.05) is 11.3 Å². The van der Waals surface area contributed by atoms with Crippen LogP contribution in [0.1, 0.15) is 15.9 Å². The van der Waals surface area contributed by atoms with Gasteiger partial charge in [-0.1, -0.05) is 24.3 Å². The Hall–Kier alpha value is -1.91. The van der Waals surface area contributed by atoms with Crippen molar-refractivity contribution in [2.45, 2.75) is 6.42 Å². The van der Waals surface area contributed by atoms with Gasteiger partial charge in [-0.05, 0) is 11.1 Å². The van der Waals surface area contributed by atoms with E-state index in [1.165, 1.54) is 12.1 Å². The molecule has 0 bridgehead atoms. The molecule has 0 radical (unpaired) electrons. The molecule has 0 aliphatic carbocycles. The monoisotopic (exact) mass is 194 g/mol. The second kappa shape index (κ2) is 4.36. The normalized spacial score (nSPS) is 9.71. The van der Waals surface area contributed by atoms with Gasteiger partial charge >= 0.3 is 0 Å². The van der Waals surface area contributed by atoms with Crippen molar-refractivity contribution in [1.82, 2.24) is 0 Å². The number of benzene rings is 1. The van der Waals surface area contributed by atoms with Crippen LogP contribution in [0.3, 0.4) is 0 Å². The minimum Gasteiger partial charge on any atom is -0.545 e. The molecule has 0 aromatic heterocycles. The first-order valence-corrected chi connectivity index (χ1v) is 4.01. The molecule has 5 nitrogen and oxygen atoms in total. The summed E-state index contributed by atoms with van der Waals surface area (Å²) in [5, 5.41) is 20.4. The Bertz CT molecular complexity index is 344. The number of rotatable bonds is 4. The number of carboxylic acid groups (broad SMARTS) is 1. The van der Waals surface area contributed by atoms with E-state index in [-0.39, 0.29) is 12.1 Å². The fraction of sp³-hybridized carbons (Fsp3) is 0.222. The molecule has 0 atom stereocenters. The summed E-state index contributed by atoms with van der Waals surface area (Å²) in [4.78, 5) is 20.0. The molecule has 0 spiro atoms. The van der Waals surface area contributed by atoms with Gasteiger partial charge in [-0.25, -0.2) is 0 Å². The van der Waals surface area contributed by atoms with E-state index in [2.05, 4.69) is 0 Å². The highest BCUT2D eigenvalue weighted by Crippen LogP contribution is 2.04. The summed E-state index contributed by atoms with van der Waals surface area (Å²) in [6.45, 7) is -0.148. The first kappa shape index (κ1) is 10.2. The van der Waals surface area contributed by atoms with E-state index < -0.39 is 10.9 Å². The van der Waals surface area contributed by atoms with Crippen LogP contribution in [0.15, 0.2) is 24.3 Å². The molecule has 0 N–H and O–H groups in total. The average Bonchev–Trinajstić information content (AvgIpc) is 2.15. The Balaban J connectivity index is 2.64. The zero-order valence-corrected chi connectivity index (χ0v) is 7.30. The van der Waals surface area contributed by atoms with Crippen LogP contribution in [-0.4, -0.2) is 17.4 Å². The lowest BCUT2D eigenvalue weighted by atomic mass is 10.1. The Morgan fingerprint density at radius 3 is 2.29 bits per heavy atom. The molecule has 74 valence electrons. The smallest absolute Gasteiger partial charge is 0.207 e.